The molecule has 0 aromatic heterocycles. The molecule has 0 saturated carbocycles. The summed E-state index contributed by atoms with van der Waals surface area (Å²) in [5.41, 5.74) is 3.66. The van der Waals surface area contributed by atoms with Gasteiger partial charge in [0, 0.05) is 20.0 Å². The highest BCUT2D eigenvalue weighted by Crippen LogP contribution is 2.25. The first kappa shape index (κ1) is 30.5. The highest BCUT2D eigenvalue weighted by atomic mass is 32.2. The number of nitrogens with zero attached hydrogens (tertiary/aromatic N) is 2. The minimum Gasteiger partial charge on any atom is -0.357 e. The quantitative estimate of drug-likeness (QED) is 0.267. The number of rotatable bonds is 11. The fourth-order valence-corrected chi connectivity index (χ4v) is 6.00. The Hall–Kier alpha value is -4.50. The van der Waals surface area contributed by atoms with Crippen molar-refractivity contribution in [3.05, 3.63) is 131 Å². The van der Waals surface area contributed by atoms with E-state index in [0.717, 1.165) is 38.7 Å². The first-order valence-electron chi connectivity index (χ1n) is 13.5. The highest BCUT2D eigenvalue weighted by molar-refractivity contribution is 7.92. The zero-order chi connectivity index (χ0) is 30.3. The molecule has 0 heterocycles. The predicted molar refractivity (Wildman–Crippen MR) is 162 cm³/mol. The Balaban J connectivity index is 1.77. The average Bonchev–Trinajstić information content (AvgIpc) is 2.99. The second-order valence-electron chi connectivity index (χ2n) is 10.1. The number of hydrogen-bond donors (Lipinski definition) is 1. The van der Waals surface area contributed by atoms with E-state index in [9.17, 15) is 22.4 Å². The largest absolute Gasteiger partial charge is 0.357 e. The van der Waals surface area contributed by atoms with Crippen molar-refractivity contribution in [3.8, 4) is 0 Å². The van der Waals surface area contributed by atoms with Gasteiger partial charge in [-0.15, -0.1) is 0 Å². The van der Waals surface area contributed by atoms with Gasteiger partial charge in [-0.25, -0.2) is 12.8 Å². The summed E-state index contributed by atoms with van der Waals surface area (Å²) < 4.78 is 42.6. The molecule has 0 aliphatic carbocycles. The third-order valence-electron chi connectivity index (χ3n) is 6.99. The number of carbonyl (C=O) groups excluding carboxylic acids is 2. The van der Waals surface area contributed by atoms with Crippen LogP contribution in [0, 0.1) is 19.7 Å². The molecule has 0 fully saturated rings. The third kappa shape index (κ3) is 7.41. The summed E-state index contributed by atoms with van der Waals surface area (Å²) in [6, 6.07) is 27.2. The maximum atomic E-state index is 14.2. The van der Waals surface area contributed by atoms with E-state index >= 15 is 0 Å². The molecule has 4 aromatic rings. The summed E-state index contributed by atoms with van der Waals surface area (Å²) in [5.74, 6) is -1.50. The Kier molecular flexibility index (Phi) is 9.75. The van der Waals surface area contributed by atoms with Crippen LogP contribution >= 0.6 is 0 Å². The Morgan fingerprint density at radius 1 is 0.786 bits per heavy atom. The number of amides is 2. The Labute approximate surface area is 246 Å². The van der Waals surface area contributed by atoms with Crippen LogP contribution in [0.3, 0.4) is 0 Å². The van der Waals surface area contributed by atoms with Gasteiger partial charge in [0.2, 0.25) is 11.8 Å². The van der Waals surface area contributed by atoms with E-state index in [2.05, 4.69) is 5.32 Å². The molecule has 0 radical (unpaired) electrons. The Morgan fingerprint density at radius 2 is 1.36 bits per heavy atom. The number of sulfonamides is 1. The normalized spacial score (nSPS) is 11.9. The first-order valence-corrected chi connectivity index (χ1v) is 15.0. The van der Waals surface area contributed by atoms with Crippen molar-refractivity contribution in [2.75, 3.05) is 17.9 Å². The van der Waals surface area contributed by atoms with Crippen LogP contribution in [-0.2, 0) is 32.6 Å². The number of nitrogens with one attached hydrogen (secondary N) is 1. The summed E-state index contributed by atoms with van der Waals surface area (Å²) in [6.45, 7) is 3.26. The van der Waals surface area contributed by atoms with Crippen molar-refractivity contribution in [2.45, 2.75) is 37.8 Å². The standard InChI is InChI=1S/C33H34FN3O4S/c1-24-9-13-27(14-10-24)22-36(31(33(39)35-3)21-26-7-5-4-6-8-26)32(38)23-37(29-17-15-28(34)16-18-29)42(40,41)30-19-11-25(2)12-20-30/h4-20,31H,21-23H2,1-3H3,(H,35,39)/t31-/m0/s1. The lowest BCUT2D eigenvalue weighted by Crippen LogP contribution is -2.53. The molecule has 4 rings (SSSR count). The molecule has 7 nitrogen and oxygen atoms in total. The molecular weight excluding hydrogens is 553 g/mol. The fourth-order valence-electron chi connectivity index (χ4n) is 4.58. The molecule has 0 unspecified atom stereocenters. The van der Waals surface area contributed by atoms with Crippen molar-refractivity contribution in [3.63, 3.8) is 0 Å². The molecule has 218 valence electrons. The van der Waals surface area contributed by atoms with Gasteiger partial charge >= 0.3 is 0 Å². The van der Waals surface area contributed by atoms with Crippen LogP contribution < -0.4 is 9.62 Å². The minimum absolute atomic E-state index is 0.0116. The maximum Gasteiger partial charge on any atom is 0.264 e. The molecule has 0 spiro atoms. The van der Waals surface area contributed by atoms with Crippen molar-refractivity contribution >= 4 is 27.5 Å². The predicted octanol–water partition coefficient (Wildman–Crippen LogP) is 5.02. The van der Waals surface area contributed by atoms with Gasteiger partial charge < -0.3 is 10.2 Å². The van der Waals surface area contributed by atoms with Gasteiger partial charge in [0.05, 0.1) is 10.6 Å². The van der Waals surface area contributed by atoms with Crippen molar-refractivity contribution in [1.82, 2.24) is 10.2 Å². The SMILES string of the molecule is CNC(=O)[C@H](Cc1ccccc1)N(Cc1ccc(C)cc1)C(=O)CN(c1ccc(F)cc1)S(=O)(=O)c1ccc(C)cc1. The van der Waals surface area contributed by atoms with E-state index in [1.165, 1.54) is 36.2 Å². The topological polar surface area (TPSA) is 86.8 Å². The number of halogens is 1. The molecule has 0 aliphatic rings. The van der Waals surface area contributed by atoms with Crippen molar-refractivity contribution < 1.29 is 22.4 Å². The molecule has 42 heavy (non-hydrogen) atoms. The number of likely N-dealkylation sites (N-methyl/N-ethyl adjacent to an activating group) is 1. The molecule has 0 aliphatic heterocycles. The second-order valence-corrected chi connectivity index (χ2v) is 12.0. The smallest absolute Gasteiger partial charge is 0.264 e. The fraction of sp³-hybridized carbons (Fsp3) is 0.212. The van der Waals surface area contributed by atoms with Crippen LogP contribution in [0.15, 0.2) is 108 Å². The van der Waals surface area contributed by atoms with Gasteiger partial charge in [-0.05, 0) is 61.4 Å². The summed E-state index contributed by atoms with van der Waals surface area (Å²) in [7, 11) is -2.74. The summed E-state index contributed by atoms with van der Waals surface area (Å²) in [4.78, 5) is 28.9. The Morgan fingerprint density at radius 3 is 1.93 bits per heavy atom. The van der Waals surface area contributed by atoms with Crippen LogP contribution in [0.1, 0.15) is 22.3 Å². The van der Waals surface area contributed by atoms with Gasteiger partial charge in [0.25, 0.3) is 10.0 Å². The molecule has 4 aromatic carbocycles. The zero-order valence-corrected chi connectivity index (χ0v) is 24.6. The number of aryl methyl sites for hydroxylation is 2. The highest BCUT2D eigenvalue weighted by Gasteiger charge is 2.34. The van der Waals surface area contributed by atoms with Crippen LogP contribution in [-0.4, -0.2) is 44.8 Å². The van der Waals surface area contributed by atoms with E-state index in [4.69, 9.17) is 0 Å². The lowest BCUT2D eigenvalue weighted by Gasteiger charge is -2.33. The first-order chi connectivity index (χ1) is 20.1. The lowest BCUT2D eigenvalue weighted by molar-refractivity contribution is -0.139. The molecule has 1 atom stereocenters. The van der Waals surface area contributed by atoms with Crippen molar-refractivity contribution in [1.29, 1.82) is 0 Å². The van der Waals surface area contributed by atoms with Gasteiger partial charge in [-0.1, -0.05) is 77.9 Å². The molecule has 1 N–H and O–H groups in total. The average molecular weight is 588 g/mol. The van der Waals surface area contributed by atoms with E-state index in [1.807, 2.05) is 68.4 Å². The van der Waals surface area contributed by atoms with Gasteiger partial charge in [-0.2, -0.15) is 0 Å². The van der Waals surface area contributed by atoms with Gasteiger partial charge in [0.15, 0.2) is 0 Å². The van der Waals surface area contributed by atoms with Crippen LogP contribution in [0.25, 0.3) is 0 Å². The maximum absolute atomic E-state index is 14.2. The van der Waals surface area contributed by atoms with E-state index in [0.29, 0.717) is 0 Å². The Bertz CT molecular complexity index is 1610. The van der Waals surface area contributed by atoms with Crippen LogP contribution in [0.4, 0.5) is 10.1 Å². The number of benzene rings is 4. The third-order valence-corrected chi connectivity index (χ3v) is 8.78. The number of carbonyl (C=O) groups is 2. The second kappa shape index (κ2) is 13.4. The van der Waals surface area contributed by atoms with E-state index in [-0.39, 0.29) is 29.5 Å². The molecular formula is C33H34FN3O4S. The van der Waals surface area contributed by atoms with E-state index in [1.54, 1.807) is 12.1 Å². The zero-order valence-electron chi connectivity index (χ0n) is 23.8. The van der Waals surface area contributed by atoms with Crippen molar-refractivity contribution in [2.24, 2.45) is 0 Å². The van der Waals surface area contributed by atoms with Crippen LogP contribution in [0.2, 0.25) is 0 Å². The number of hydrogen-bond acceptors (Lipinski definition) is 4. The van der Waals surface area contributed by atoms with Gasteiger partial charge in [0.1, 0.15) is 18.4 Å². The molecule has 9 heteroatoms. The van der Waals surface area contributed by atoms with E-state index < -0.39 is 34.3 Å². The summed E-state index contributed by atoms with van der Waals surface area (Å²) in [6.07, 6.45) is 0.222. The molecule has 0 bridgehead atoms. The molecule has 0 saturated heterocycles. The monoisotopic (exact) mass is 587 g/mol. The molecule has 2 amide bonds. The minimum atomic E-state index is -4.24. The summed E-state index contributed by atoms with van der Waals surface area (Å²) >= 11 is 0. The van der Waals surface area contributed by atoms with Gasteiger partial charge in [-0.3, -0.25) is 13.9 Å². The number of anilines is 1. The summed E-state index contributed by atoms with van der Waals surface area (Å²) in [5, 5.41) is 2.66. The van der Waals surface area contributed by atoms with Crippen LogP contribution in [0.5, 0.6) is 0 Å². The lowest BCUT2D eigenvalue weighted by atomic mass is 10.0.